The highest BCUT2D eigenvalue weighted by Gasteiger charge is 2.12. The van der Waals surface area contributed by atoms with E-state index in [9.17, 15) is 4.79 Å². The van der Waals surface area contributed by atoms with Gasteiger partial charge in [-0.25, -0.2) is 0 Å². The number of carbonyl (C=O) groups excluding carboxylic acids is 1. The first-order valence-corrected chi connectivity index (χ1v) is 8.74. The van der Waals surface area contributed by atoms with Gasteiger partial charge in [0.1, 0.15) is 11.6 Å². The van der Waals surface area contributed by atoms with Gasteiger partial charge in [-0.3, -0.25) is 9.69 Å². The monoisotopic (exact) mass is 362 g/mol. The molecule has 25 heavy (non-hydrogen) atoms. The van der Waals surface area contributed by atoms with Crippen LogP contribution in [0.2, 0.25) is 5.02 Å². The lowest BCUT2D eigenvalue weighted by atomic mass is 10.1. The molecule has 1 aliphatic rings. The van der Waals surface area contributed by atoms with Crippen molar-refractivity contribution in [3.63, 3.8) is 0 Å². The van der Waals surface area contributed by atoms with E-state index in [1.54, 1.807) is 0 Å². The normalized spacial score (nSPS) is 15.4. The number of carbonyl (C=O) groups is 1. The summed E-state index contributed by atoms with van der Waals surface area (Å²) in [5.41, 5.74) is 1.10. The number of halogens is 1. The lowest BCUT2D eigenvalue weighted by Crippen LogP contribution is -2.41. The average Bonchev–Trinajstić information content (AvgIpc) is 2.64. The number of hydrogen-bond acceptors (Lipinski definition) is 5. The molecular weight excluding hydrogens is 340 g/mol. The van der Waals surface area contributed by atoms with Crippen LogP contribution in [0.3, 0.4) is 0 Å². The van der Waals surface area contributed by atoms with Gasteiger partial charge in [0.25, 0.3) is 5.91 Å². The molecule has 134 valence electrons. The number of benzene rings is 1. The maximum Gasteiger partial charge on any atom is 0.263 e. The molecule has 0 spiro atoms. The lowest BCUT2D eigenvalue weighted by molar-refractivity contribution is -0.117. The molecule has 1 aromatic carbocycles. The van der Waals surface area contributed by atoms with E-state index >= 15 is 0 Å². The molecule has 0 bridgehead atoms. The molecule has 2 N–H and O–H groups in total. The van der Waals surface area contributed by atoms with E-state index in [0.717, 1.165) is 43.4 Å². The molecular formula is C18H23ClN4O2. The summed E-state index contributed by atoms with van der Waals surface area (Å²) in [6.45, 7) is 5.07. The van der Waals surface area contributed by atoms with Crippen LogP contribution in [0.1, 0.15) is 5.56 Å². The molecule has 1 aliphatic heterocycles. The second-order valence-electron chi connectivity index (χ2n) is 5.68. The highest BCUT2D eigenvalue weighted by Crippen LogP contribution is 2.14. The Morgan fingerprint density at radius 3 is 2.80 bits per heavy atom. The van der Waals surface area contributed by atoms with Crippen molar-refractivity contribution in [2.75, 3.05) is 45.9 Å². The molecule has 1 amide bonds. The third-order valence-corrected chi connectivity index (χ3v) is 4.29. The minimum Gasteiger partial charge on any atom is -0.389 e. The van der Waals surface area contributed by atoms with Crippen molar-refractivity contribution in [1.29, 1.82) is 5.26 Å². The van der Waals surface area contributed by atoms with Crippen LogP contribution >= 0.6 is 11.6 Å². The van der Waals surface area contributed by atoms with Gasteiger partial charge >= 0.3 is 0 Å². The van der Waals surface area contributed by atoms with Crippen molar-refractivity contribution in [1.82, 2.24) is 15.5 Å². The van der Waals surface area contributed by atoms with Crippen LogP contribution in [-0.2, 0) is 16.0 Å². The molecule has 2 rings (SSSR count). The number of ether oxygens (including phenoxy) is 1. The fraction of sp³-hybridized carbons (Fsp3) is 0.444. The minimum atomic E-state index is -0.360. The van der Waals surface area contributed by atoms with Crippen molar-refractivity contribution in [3.05, 3.63) is 46.6 Å². The van der Waals surface area contributed by atoms with Crippen LogP contribution < -0.4 is 10.6 Å². The Kier molecular flexibility index (Phi) is 8.26. The summed E-state index contributed by atoms with van der Waals surface area (Å²) in [7, 11) is 0. The smallest absolute Gasteiger partial charge is 0.263 e. The Labute approximate surface area is 153 Å². The molecule has 0 saturated carbocycles. The number of amides is 1. The number of nitriles is 1. The van der Waals surface area contributed by atoms with E-state index in [1.807, 2.05) is 30.3 Å². The van der Waals surface area contributed by atoms with Crippen molar-refractivity contribution in [2.45, 2.75) is 6.42 Å². The molecule has 0 unspecified atom stereocenters. The Hall–Kier alpha value is -2.07. The van der Waals surface area contributed by atoms with Gasteiger partial charge in [0, 0.05) is 43.9 Å². The number of hydrogen-bond donors (Lipinski definition) is 2. The van der Waals surface area contributed by atoms with E-state index in [0.29, 0.717) is 19.5 Å². The van der Waals surface area contributed by atoms with Gasteiger partial charge < -0.3 is 15.4 Å². The summed E-state index contributed by atoms with van der Waals surface area (Å²) in [6.07, 6.45) is 2.18. The Morgan fingerprint density at radius 2 is 2.08 bits per heavy atom. The van der Waals surface area contributed by atoms with Gasteiger partial charge in [-0.05, 0) is 18.1 Å². The fourth-order valence-corrected chi connectivity index (χ4v) is 2.71. The molecule has 0 atom stereocenters. The predicted molar refractivity (Wildman–Crippen MR) is 97.1 cm³/mol. The maximum atomic E-state index is 12.0. The maximum absolute atomic E-state index is 12.0. The fourth-order valence-electron chi connectivity index (χ4n) is 2.48. The van der Waals surface area contributed by atoms with Crippen LogP contribution in [0.25, 0.3) is 0 Å². The molecule has 6 nitrogen and oxygen atoms in total. The Morgan fingerprint density at radius 1 is 1.32 bits per heavy atom. The van der Waals surface area contributed by atoms with E-state index in [-0.39, 0.29) is 11.5 Å². The van der Waals surface area contributed by atoms with E-state index in [1.165, 1.54) is 6.20 Å². The summed E-state index contributed by atoms with van der Waals surface area (Å²) >= 11 is 6.09. The summed E-state index contributed by atoms with van der Waals surface area (Å²) in [5.74, 6) is -0.360. The third kappa shape index (κ3) is 6.75. The molecule has 1 aromatic rings. The van der Waals surface area contributed by atoms with Gasteiger partial charge in [0.05, 0.1) is 13.2 Å². The van der Waals surface area contributed by atoms with Gasteiger partial charge in [-0.15, -0.1) is 0 Å². The van der Waals surface area contributed by atoms with E-state index < -0.39 is 0 Å². The van der Waals surface area contributed by atoms with Crippen LogP contribution in [0.5, 0.6) is 0 Å². The van der Waals surface area contributed by atoms with Crippen molar-refractivity contribution in [2.24, 2.45) is 0 Å². The topological polar surface area (TPSA) is 77.4 Å². The zero-order chi connectivity index (χ0) is 17.9. The SMILES string of the molecule is N#C/C(=C/NCCc1ccccc1Cl)C(=O)NCCN1CCOCC1. The highest BCUT2D eigenvalue weighted by molar-refractivity contribution is 6.31. The molecule has 0 aromatic heterocycles. The van der Waals surface area contributed by atoms with Crippen LogP contribution in [-0.4, -0.2) is 56.7 Å². The largest absolute Gasteiger partial charge is 0.389 e. The summed E-state index contributed by atoms with van der Waals surface area (Å²) in [4.78, 5) is 14.3. The Bertz CT molecular complexity index is 636. The summed E-state index contributed by atoms with van der Waals surface area (Å²) in [5, 5.41) is 15.6. The van der Waals surface area contributed by atoms with Crippen molar-refractivity contribution < 1.29 is 9.53 Å². The van der Waals surface area contributed by atoms with Gasteiger partial charge in [-0.2, -0.15) is 5.26 Å². The Balaban J connectivity index is 1.70. The number of rotatable bonds is 8. The van der Waals surface area contributed by atoms with Gasteiger partial charge in [0.2, 0.25) is 0 Å². The first kappa shape index (κ1) is 19.3. The first-order chi connectivity index (χ1) is 12.2. The quantitative estimate of drug-likeness (QED) is 0.414. The van der Waals surface area contributed by atoms with Gasteiger partial charge in [-0.1, -0.05) is 29.8 Å². The lowest BCUT2D eigenvalue weighted by Gasteiger charge is -2.26. The highest BCUT2D eigenvalue weighted by atomic mass is 35.5. The predicted octanol–water partition coefficient (Wildman–Crippen LogP) is 1.33. The second-order valence-corrected chi connectivity index (χ2v) is 6.08. The number of nitrogens with one attached hydrogen (secondary N) is 2. The first-order valence-electron chi connectivity index (χ1n) is 8.36. The van der Waals surface area contributed by atoms with Crippen molar-refractivity contribution >= 4 is 17.5 Å². The van der Waals surface area contributed by atoms with Gasteiger partial charge in [0.15, 0.2) is 0 Å². The standard InChI is InChI=1S/C18H23ClN4O2/c19-17-4-2-1-3-15(17)5-6-21-14-16(13-20)18(24)22-7-8-23-9-11-25-12-10-23/h1-4,14,21H,5-12H2,(H,22,24)/b16-14-. The zero-order valence-corrected chi connectivity index (χ0v) is 14.9. The molecule has 1 heterocycles. The van der Waals surface area contributed by atoms with Crippen LogP contribution in [0, 0.1) is 11.3 Å². The van der Waals surface area contributed by atoms with Crippen LogP contribution in [0.4, 0.5) is 0 Å². The van der Waals surface area contributed by atoms with Crippen molar-refractivity contribution in [3.8, 4) is 6.07 Å². The molecule has 1 saturated heterocycles. The van der Waals surface area contributed by atoms with Crippen LogP contribution in [0.15, 0.2) is 36.0 Å². The van der Waals surface area contributed by atoms with E-state index in [4.69, 9.17) is 21.6 Å². The summed E-state index contributed by atoms with van der Waals surface area (Å²) < 4.78 is 5.28. The third-order valence-electron chi connectivity index (χ3n) is 3.93. The molecule has 0 radical (unpaired) electrons. The average molecular weight is 363 g/mol. The molecule has 1 fully saturated rings. The van der Waals surface area contributed by atoms with E-state index in [2.05, 4.69) is 15.5 Å². The summed E-state index contributed by atoms with van der Waals surface area (Å²) in [6, 6.07) is 9.54. The molecule has 0 aliphatic carbocycles. The molecule has 7 heteroatoms. The number of nitrogens with zero attached hydrogens (tertiary/aromatic N) is 2. The zero-order valence-electron chi connectivity index (χ0n) is 14.1. The second kappa shape index (κ2) is 10.7. The number of morpholine rings is 1. The minimum absolute atomic E-state index is 0.0705.